The van der Waals surface area contributed by atoms with Gasteiger partial charge in [0.05, 0.1) is 15.9 Å². The van der Waals surface area contributed by atoms with Gasteiger partial charge >= 0.3 is 5.76 Å². The van der Waals surface area contributed by atoms with E-state index in [1.54, 1.807) is 0 Å². The van der Waals surface area contributed by atoms with Crippen molar-refractivity contribution in [3.63, 3.8) is 0 Å². The van der Waals surface area contributed by atoms with Crippen molar-refractivity contribution in [1.82, 2.24) is 9.55 Å². The maximum absolute atomic E-state index is 12.7. The van der Waals surface area contributed by atoms with Crippen molar-refractivity contribution in [3.05, 3.63) is 90.3 Å². The van der Waals surface area contributed by atoms with E-state index in [-0.39, 0.29) is 6.61 Å². The van der Waals surface area contributed by atoms with Gasteiger partial charge < -0.3 is 9.30 Å². The van der Waals surface area contributed by atoms with Crippen LogP contribution in [0.25, 0.3) is 11.0 Å². The lowest BCUT2D eigenvalue weighted by molar-refractivity contribution is 0.234. The quantitative estimate of drug-likeness (QED) is 0.430. The van der Waals surface area contributed by atoms with Crippen molar-refractivity contribution in [2.45, 2.75) is 23.8 Å². The molecule has 0 saturated carbocycles. The predicted molar refractivity (Wildman–Crippen MR) is 109 cm³/mol. The topological polar surface area (TPSA) is 61.2 Å². The number of rotatable bonds is 7. The molecule has 0 aliphatic heterocycles. The maximum atomic E-state index is 12.7. The summed E-state index contributed by atoms with van der Waals surface area (Å²) in [7, 11) is -4.61. The number of ether oxygens (including phenoxy) is 1. The Morgan fingerprint density at radius 1 is 0.900 bits per heavy atom. The molecule has 1 heterocycles. The van der Waals surface area contributed by atoms with Crippen LogP contribution < -0.4 is 4.74 Å². The first kappa shape index (κ1) is 20.0. The fraction of sp³-hybridized carbons (Fsp3) is 0.136. The molecular formula is C22H18F2N2O3S. The van der Waals surface area contributed by atoms with E-state index in [0.29, 0.717) is 12.4 Å². The van der Waals surface area contributed by atoms with E-state index in [1.807, 2.05) is 59.2 Å². The molecule has 154 valence electrons. The number of fused-ring (bicyclic) bond motifs is 1. The molecule has 0 N–H and O–H groups in total. The molecule has 4 rings (SSSR count). The Morgan fingerprint density at radius 2 is 1.57 bits per heavy atom. The van der Waals surface area contributed by atoms with Gasteiger partial charge in [-0.25, -0.2) is 13.4 Å². The zero-order valence-electron chi connectivity index (χ0n) is 15.8. The minimum absolute atomic E-state index is 0.247. The summed E-state index contributed by atoms with van der Waals surface area (Å²) in [4.78, 5) is 4.25. The second-order valence-corrected chi connectivity index (χ2v) is 8.57. The molecular weight excluding hydrogens is 410 g/mol. The highest BCUT2D eigenvalue weighted by atomic mass is 32.2. The van der Waals surface area contributed by atoms with Crippen LogP contribution in [0.3, 0.4) is 0 Å². The normalized spacial score (nSPS) is 11.8. The first-order chi connectivity index (χ1) is 14.4. The predicted octanol–water partition coefficient (Wildman–Crippen LogP) is 4.66. The summed E-state index contributed by atoms with van der Waals surface area (Å²) >= 11 is 0. The molecule has 4 aromatic rings. The highest BCUT2D eigenvalue weighted by Gasteiger charge is 2.26. The van der Waals surface area contributed by atoms with Gasteiger partial charge in [0.25, 0.3) is 0 Å². The van der Waals surface area contributed by atoms with Crippen molar-refractivity contribution < 1.29 is 21.9 Å². The Labute approximate surface area is 172 Å². The van der Waals surface area contributed by atoms with Crippen LogP contribution >= 0.6 is 0 Å². The van der Waals surface area contributed by atoms with E-state index in [2.05, 4.69) is 4.98 Å². The van der Waals surface area contributed by atoms with Crippen molar-refractivity contribution in [3.8, 4) is 5.75 Å². The molecule has 0 saturated heterocycles. The largest absolute Gasteiger partial charge is 0.486 e. The molecule has 0 aliphatic carbocycles. The molecule has 0 amide bonds. The average Bonchev–Trinajstić information content (AvgIpc) is 3.11. The minimum atomic E-state index is -4.61. The van der Waals surface area contributed by atoms with Crippen LogP contribution in [0.5, 0.6) is 5.75 Å². The van der Waals surface area contributed by atoms with Gasteiger partial charge in [0.2, 0.25) is 9.84 Å². The van der Waals surface area contributed by atoms with E-state index in [1.165, 1.54) is 24.3 Å². The van der Waals surface area contributed by atoms with Crippen LogP contribution in [0.1, 0.15) is 11.4 Å². The Morgan fingerprint density at radius 3 is 2.27 bits per heavy atom. The number of halogens is 2. The zero-order chi connectivity index (χ0) is 21.1. The summed E-state index contributed by atoms with van der Waals surface area (Å²) in [6, 6.07) is 22.5. The fourth-order valence-corrected chi connectivity index (χ4v) is 3.87. The summed E-state index contributed by atoms with van der Waals surface area (Å²) < 4.78 is 56.5. The van der Waals surface area contributed by atoms with E-state index in [9.17, 15) is 17.2 Å². The SMILES string of the molecule is O=S(=O)(c1ccc(Cn2c(COc3ccccc3)nc3ccccc32)cc1)C(F)F. The van der Waals surface area contributed by atoms with Gasteiger partial charge in [-0.15, -0.1) is 0 Å². The van der Waals surface area contributed by atoms with Gasteiger partial charge in [-0.2, -0.15) is 8.78 Å². The number of imidazole rings is 1. The Kier molecular flexibility index (Phi) is 5.50. The van der Waals surface area contributed by atoms with Gasteiger partial charge in [0.1, 0.15) is 18.2 Å². The Hall–Kier alpha value is -3.26. The monoisotopic (exact) mass is 428 g/mol. The number of benzene rings is 3. The van der Waals surface area contributed by atoms with Crippen molar-refractivity contribution in [2.75, 3.05) is 0 Å². The molecule has 0 bridgehead atoms. The van der Waals surface area contributed by atoms with E-state index >= 15 is 0 Å². The molecule has 5 nitrogen and oxygen atoms in total. The summed E-state index contributed by atoms with van der Waals surface area (Å²) in [5, 5.41) is 0. The molecule has 0 spiro atoms. The second-order valence-electron chi connectivity index (χ2n) is 6.65. The Balaban J connectivity index is 1.63. The third-order valence-corrected chi connectivity index (χ3v) is 6.07. The molecule has 3 aromatic carbocycles. The van der Waals surface area contributed by atoms with Gasteiger partial charge in [-0.1, -0.05) is 42.5 Å². The van der Waals surface area contributed by atoms with Gasteiger partial charge in [0, 0.05) is 6.54 Å². The molecule has 0 radical (unpaired) electrons. The third kappa shape index (κ3) is 4.04. The van der Waals surface area contributed by atoms with Crippen LogP contribution in [0.15, 0.2) is 83.8 Å². The lowest BCUT2D eigenvalue weighted by atomic mass is 10.2. The average molecular weight is 428 g/mol. The summed E-state index contributed by atoms with van der Waals surface area (Å²) in [5.74, 6) is -2.02. The minimum Gasteiger partial charge on any atom is -0.486 e. The van der Waals surface area contributed by atoms with E-state index in [0.717, 1.165) is 22.3 Å². The summed E-state index contributed by atoms with van der Waals surface area (Å²) in [6.45, 7) is 0.638. The maximum Gasteiger partial charge on any atom is 0.341 e. The van der Waals surface area contributed by atoms with Crippen molar-refractivity contribution in [2.24, 2.45) is 0 Å². The molecule has 30 heavy (non-hydrogen) atoms. The van der Waals surface area contributed by atoms with Crippen LogP contribution in [-0.2, 0) is 23.0 Å². The fourth-order valence-electron chi connectivity index (χ4n) is 3.15. The van der Waals surface area contributed by atoms with Crippen molar-refractivity contribution in [1.29, 1.82) is 0 Å². The number of para-hydroxylation sites is 3. The van der Waals surface area contributed by atoms with Gasteiger partial charge in [-0.3, -0.25) is 0 Å². The van der Waals surface area contributed by atoms with Crippen LogP contribution in [0.2, 0.25) is 0 Å². The molecule has 8 heteroatoms. The second kappa shape index (κ2) is 8.23. The van der Waals surface area contributed by atoms with Gasteiger partial charge in [0.15, 0.2) is 0 Å². The van der Waals surface area contributed by atoms with Gasteiger partial charge in [-0.05, 0) is 42.0 Å². The number of sulfone groups is 1. The highest BCUT2D eigenvalue weighted by Crippen LogP contribution is 2.22. The zero-order valence-corrected chi connectivity index (χ0v) is 16.6. The number of aromatic nitrogens is 2. The van der Waals surface area contributed by atoms with Crippen LogP contribution in [-0.4, -0.2) is 23.7 Å². The molecule has 0 fully saturated rings. The lowest BCUT2D eigenvalue weighted by Crippen LogP contribution is -2.12. The molecule has 0 atom stereocenters. The number of hydrogen-bond acceptors (Lipinski definition) is 4. The lowest BCUT2D eigenvalue weighted by Gasteiger charge is -2.11. The molecule has 0 aliphatic rings. The standard InChI is InChI=1S/C22H18F2N2O3S/c23-22(24)30(27,28)18-12-10-16(11-13-18)14-26-20-9-5-4-8-19(20)25-21(26)15-29-17-6-2-1-3-7-17/h1-13,22H,14-15H2. The van der Waals surface area contributed by atoms with Crippen LogP contribution in [0.4, 0.5) is 8.78 Å². The highest BCUT2D eigenvalue weighted by molar-refractivity contribution is 7.91. The summed E-state index contributed by atoms with van der Waals surface area (Å²) in [6.07, 6.45) is 0. The number of alkyl halides is 2. The van der Waals surface area contributed by atoms with E-state index in [4.69, 9.17) is 4.74 Å². The number of hydrogen-bond donors (Lipinski definition) is 0. The van der Waals surface area contributed by atoms with E-state index < -0.39 is 20.5 Å². The third-order valence-electron chi connectivity index (χ3n) is 4.67. The molecule has 0 unspecified atom stereocenters. The van der Waals surface area contributed by atoms with Crippen LogP contribution in [0, 0.1) is 0 Å². The van der Waals surface area contributed by atoms with Crippen molar-refractivity contribution >= 4 is 20.9 Å². The smallest absolute Gasteiger partial charge is 0.341 e. The number of nitrogens with zero attached hydrogens (tertiary/aromatic N) is 2. The molecule has 1 aromatic heterocycles. The first-order valence-electron chi connectivity index (χ1n) is 9.18. The summed E-state index contributed by atoms with van der Waals surface area (Å²) in [5.41, 5.74) is 2.46. The first-order valence-corrected chi connectivity index (χ1v) is 10.7. The Bertz CT molecular complexity index is 1250.